The van der Waals surface area contributed by atoms with Crippen LogP contribution in [0.2, 0.25) is 0 Å². The van der Waals surface area contributed by atoms with Crippen molar-refractivity contribution in [2.75, 3.05) is 13.1 Å². The predicted molar refractivity (Wildman–Crippen MR) is 57.6 cm³/mol. The number of amides is 2. The van der Waals surface area contributed by atoms with Crippen LogP contribution in [0, 0.1) is 10.1 Å². The third-order valence-electron chi connectivity index (χ3n) is 2.21. The minimum absolute atomic E-state index is 0.208. The molecule has 0 bridgehead atoms. The molecule has 1 aliphatic rings. The van der Waals surface area contributed by atoms with E-state index in [4.69, 9.17) is 0 Å². The number of nitrogens with zero attached hydrogens (tertiary/aromatic N) is 4. The number of hydrogen-bond donors (Lipinski definition) is 2. The lowest BCUT2D eigenvalue weighted by molar-refractivity contribution is -0.389. The molecule has 2 rings (SSSR count). The fourth-order valence-electron chi connectivity index (χ4n) is 1.37. The Bertz CT molecular complexity index is 493. The van der Waals surface area contributed by atoms with Crippen molar-refractivity contribution in [2.45, 2.75) is 6.92 Å². The quantitative estimate of drug-likeness (QED) is 0.440. The summed E-state index contributed by atoms with van der Waals surface area (Å²) in [5.41, 5.74) is 0.412. The van der Waals surface area contributed by atoms with Gasteiger partial charge in [-0.15, -0.1) is 0 Å². The van der Waals surface area contributed by atoms with Crippen LogP contribution in [0.4, 0.5) is 10.6 Å². The lowest BCUT2D eigenvalue weighted by Crippen LogP contribution is -2.24. The van der Waals surface area contributed by atoms with Crippen molar-refractivity contribution in [2.24, 2.45) is 5.10 Å². The van der Waals surface area contributed by atoms with Crippen LogP contribution in [0.3, 0.4) is 0 Å². The largest absolute Gasteiger partial charge is 0.358 e. The third-order valence-corrected chi connectivity index (χ3v) is 2.21. The average molecular weight is 238 g/mol. The van der Waals surface area contributed by atoms with Crippen LogP contribution in [-0.4, -0.2) is 44.7 Å². The predicted octanol–water partition coefficient (Wildman–Crippen LogP) is 0.0671. The van der Waals surface area contributed by atoms with Crippen LogP contribution in [0.15, 0.2) is 11.3 Å². The molecular formula is C8H10N6O3. The van der Waals surface area contributed by atoms with Gasteiger partial charge in [0.15, 0.2) is 0 Å². The summed E-state index contributed by atoms with van der Waals surface area (Å²) in [4.78, 5) is 27.4. The fourth-order valence-corrected chi connectivity index (χ4v) is 1.37. The molecule has 0 aromatic carbocycles. The standard InChI is InChI=1S/C8H10N6O3/c1-5(12-13-3-2-9-8(13)15)7-10-4-6(11-7)14(16)17/h4H,2-3H2,1H3,(H,9,15)(H,10,11). The smallest absolute Gasteiger partial charge is 0.340 e. The molecule has 1 saturated heterocycles. The van der Waals surface area contributed by atoms with Crippen molar-refractivity contribution in [1.29, 1.82) is 0 Å². The Morgan fingerprint density at radius 1 is 1.71 bits per heavy atom. The van der Waals surface area contributed by atoms with Crippen molar-refractivity contribution in [3.63, 3.8) is 0 Å². The van der Waals surface area contributed by atoms with E-state index in [0.29, 0.717) is 18.8 Å². The molecule has 2 N–H and O–H groups in total. The van der Waals surface area contributed by atoms with Crippen LogP contribution in [0.1, 0.15) is 12.7 Å². The number of H-pyrrole nitrogens is 1. The van der Waals surface area contributed by atoms with Gasteiger partial charge in [-0.1, -0.05) is 0 Å². The van der Waals surface area contributed by atoms with Crippen LogP contribution in [-0.2, 0) is 0 Å². The van der Waals surface area contributed by atoms with Crippen molar-refractivity contribution < 1.29 is 9.72 Å². The minimum Gasteiger partial charge on any atom is -0.358 e. The number of nitrogens with one attached hydrogen (secondary N) is 2. The van der Waals surface area contributed by atoms with E-state index in [1.807, 2.05) is 0 Å². The van der Waals surface area contributed by atoms with Gasteiger partial charge in [0.05, 0.1) is 6.54 Å². The van der Waals surface area contributed by atoms with Gasteiger partial charge in [-0.05, 0) is 11.8 Å². The van der Waals surface area contributed by atoms with Gasteiger partial charge >= 0.3 is 11.8 Å². The normalized spacial score (nSPS) is 16.2. The van der Waals surface area contributed by atoms with Gasteiger partial charge in [0.25, 0.3) is 0 Å². The molecule has 1 aromatic rings. The average Bonchev–Trinajstić information content (AvgIpc) is 2.88. The molecular weight excluding hydrogens is 228 g/mol. The highest BCUT2D eigenvalue weighted by atomic mass is 16.6. The molecule has 1 aliphatic heterocycles. The lowest BCUT2D eigenvalue weighted by atomic mass is 10.4. The SMILES string of the molecule is CC(=NN1CCNC1=O)c1ncc([N+](=O)[O-])[nH]1. The zero-order chi connectivity index (χ0) is 12.4. The van der Waals surface area contributed by atoms with E-state index in [9.17, 15) is 14.9 Å². The molecule has 0 atom stereocenters. The van der Waals surface area contributed by atoms with Crippen molar-refractivity contribution in [3.05, 3.63) is 22.1 Å². The van der Waals surface area contributed by atoms with Crippen molar-refractivity contribution in [1.82, 2.24) is 20.3 Å². The Balaban J connectivity index is 2.18. The number of carbonyl (C=O) groups is 1. The highest BCUT2D eigenvalue weighted by Crippen LogP contribution is 2.08. The van der Waals surface area contributed by atoms with Gasteiger partial charge in [0, 0.05) is 6.54 Å². The molecule has 1 fully saturated rings. The summed E-state index contributed by atoms with van der Waals surface area (Å²) in [6.07, 6.45) is 1.11. The lowest BCUT2D eigenvalue weighted by Gasteiger charge is -2.06. The van der Waals surface area contributed by atoms with E-state index >= 15 is 0 Å². The summed E-state index contributed by atoms with van der Waals surface area (Å²) in [7, 11) is 0. The first-order valence-corrected chi connectivity index (χ1v) is 4.88. The summed E-state index contributed by atoms with van der Waals surface area (Å²) in [5, 5.41) is 18.3. The van der Waals surface area contributed by atoms with E-state index in [0.717, 1.165) is 6.20 Å². The number of nitro groups is 1. The maximum absolute atomic E-state index is 11.2. The molecule has 9 heteroatoms. The van der Waals surface area contributed by atoms with Crippen LogP contribution < -0.4 is 5.32 Å². The van der Waals surface area contributed by atoms with Gasteiger partial charge in [0.1, 0.15) is 11.9 Å². The Morgan fingerprint density at radius 2 is 2.47 bits per heavy atom. The molecule has 1 aromatic heterocycles. The topological polar surface area (TPSA) is 117 Å². The fraction of sp³-hybridized carbons (Fsp3) is 0.375. The van der Waals surface area contributed by atoms with Gasteiger partial charge in [-0.25, -0.2) is 19.8 Å². The minimum atomic E-state index is -0.577. The van der Waals surface area contributed by atoms with Gasteiger partial charge in [-0.2, -0.15) is 5.10 Å². The molecule has 0 unspecified atom stereocenters. The molecule has 0 saturated carbocycles. The molecule has 0 aliphatic carbocycles. The first kappa shape index (κ1) is 11.0. The highest BCUT2D eigenvalue weighted by Gasteiger charge is 2.20. The number of aromatic nitrogens is 2. The Hall–Kier alpha value is -2.45. The van der Waals surface area contributed by atoms with Gasteiger partial charge in [-0.3, -0.25) is 0 Å². The molecule has 17 heavy (non-hydrogen) atoms. The first-order chi connectivity index (χ1) is 8.08. The maximum atomic E-state index is 11.2. The van der Waals surface area contributed by atoms with Crippen molar-refractivity contribution in [3.8, 4) is 0 Å². The van der Waals surface area contributed by atoms with E-state index in [-0.39, 0.29) is 17.7 Å². The summed E-state index contributed by atoms with van der Waals surface area (Å²) in [6.45, 7) is 2.63. The zero-order valence-corrected chi connectivity index (χ0v) is 9.01. The number of carbonyl (C=O) groups excluding carboxylic acids is 1. The molecule has 2 heterocycles. The number of imidazole rings is 1. The summed E-state index contributed by atoms with van der Waals surface area (Å²) >= 11 is 0. The molecule has 90 valence electrons. The van der Waals surface area contributed by atoms with Crippen LogP contribution in [0.25, 0.3) is 0 Å². The number of rotatable bonds is 3. The van der Waals surface area contributed by atoms with Crippen LogP contribution >= 0.6 is 0 Å². The summed E-state index contributed by atoms with van der Waals surface area (Å²) in [5.74, 6) is 0.0665. The number of aromatic amines is 1. The maximum Gasteiger partial charge on any atom is 0.340 e. The van der Waals surface area contributed by atoms with E-state index in [1.54, 1.807) is 6.92 Å². The van der Waals surface area contributed by atoms with Crippen LogP contribution in [0.5, 0.6) is 0 Å². The molecule has 9 nitrogen and oxygen atoms in total. The third kappa shape index (κ3) is 2.22. The Morgan fingerprint density at radius 3 is 3.00 bits per heavy atom. The molecule has 0 spiro atoms. The molecule has 0 radical (unpaired) electrons. The van der Waals surface area contributed by atoms with E-state index < -0.39 is 4.92 Å². The zero-order valence-electron chi connectivity index (χ0n) is 9.01. The second-order valence-electron chi connectivity index (χ2n) is 3.41. The number of hydrazone groups is 1. The first-order valence-electron chi connectivity index (χ1n) is 4.88. The monoisotopic (exact) mass is 238 g/mol. The second-order valence-corrected chi connectivity index (χ2v) is 3.41. The Kier molecular flexibility index (Phi) is 2.73. The van der Waals surface area contributed by atoms with E-state index in [1.165, 1.54) is 5.01 Å². The van der Waals surface area contributed by atoms with Crippen molar-refractivity contribution >= 4 is 17.6 Å². The number of hydrogen-bond acceptors (Lipinski definition) is 5. The van der Waals surface area contributed by atoms with Gasteiger partial charge < -0.3 is 15.4 Å². The highest BCUT2D eigenvalue weighted by molar-refractivity contribution is 5.96. The number of urea groups is 1. The summed E-state index contributed by atoms with van der Waals surface area (Å²) < 4.78 is 0. The van der Waals surface area contributed by atoms with Gasteiger partial charge in [0.2, 0.25) is 5.82 Å². The molecule has 2 amide bonds. The second kappa shape index (κ2) is 4.20. The Labute approximate surface area is 95.7 Å². The van der Waals surface area contributed by atoms with E-state index in [2.05, 4.69) is 20.4 Å². The summed E-state index contributed by atoms with van der Waals surface area (Å²) in [6, 6.07) is -0.287.